The lowest BCUT2D eigenvalue weighted by Gasteiger charge is -2.08. The van der Waals surface area contributed by atoms with Gasteiger partial charge >= 0.3 is 0 Å². The summed E-state index contributed by atoms with van der Waals surface area (Å²) in [6.07, 6.45) is 3.39. The average molecular weight is 187 g/mol. The van der Waals surface area contributed by atoms with Crippen LogP contribution < -0.4 is 5.73 Å². The molecule has 1 aliphatic rings. The van der Waals surface area contributed by atoms with Crippen LogP contribution >= 0.6 is 0 Å². The quantitative estimate of drug-likeness (QED) is 0.756. The highest BCUT2D eigenvalue weighted by Crippen LogP contribution is 2.29. The van der Waals surface area contributed by atoms with Gasteiger partial charge in [0, 0.05) is 0 Å². The number of benzene rings is 1. The van der Waals surface area contributed by atoms with Gasteiger partial charge in [-0.3, -0.25) is 0 Å². The molecule has 0 saturated heterocycles. The Morgan fingerprint density at radius 2 is 2.21 bits per heavy atom. The van der Waals surface area contributed by atoms with Crippen molar-refractivity contribution in [1.82, 2.24) is 0 Å². The first-order valence-electron chi connectivity index (χ1n) is 5.21. The van der Waals surface area contributed by atoms with Crippen LogP contribution in [0.3, 0.4) is 0 Å². The number of hydrogen-bond acceptors (Lipinski definition) is 1. The van der Waals surface area contributed by atoms with E-state index in [9.17, 15) is 0 Å². The summed E-state index contributed by atoms with van der Waals surface area (Å²) in [5.74, 6) is 0.516. The van der Waals surface area contributed by atoms with E-state index in [0.717, 1.165) is 13.0 Å². The third kappa shape index (κ3) is 1.60. The first-order valence-corrected chi connectivity index (χ1v) is 5.21. The first kappa shape index (κ1) is 9.47. The van der Waals surface area contributed by atoms with Crippen LogP contribution in [0.25, 0.3) is 6.08 Å². The maximum Gasteiger partial charge on any atom is -0.00139 e. The van der Waals surface area contributed by atoms with Crippen molar-refractivity contribution in [3.63, 3.8) is 0 Å². The maximum absolute atomic E-state index is 5.68. The summed E-state index contributed by atoms with van der Waals surface area (Å²) in [4.78, 5) is 0. The SMILES string of the molecule is Cc1ccc2c(c1)CC(C(C)CN)=C2. The van der Waals surface area contributed by atoms with E-state index in [1.54, 1.807) is 0 Å². The largest absolute Gasteiger partial charge is 0.330 e. The van der Waals surface area contributed by atoms with Gasteiger partial charge in [0.2, 0.25) is 0 Å². The van der Waals surface area contributed by atoms with Crippen LogP contribution in [-0.4, -0.2) is 6.54 Å². The zero-order valence-electron chi connectivity index (χ0n) is 8.88. The predicted molar refractivity (Wildman–Crippen MR) is 61.1 cm³/mol. The molecule has 0 bridgehead atoms. The molecule has 74 valence electrons. The zero-order valence-corrected chi connectivity index (χ0v) is 8.88. The predicted octanol–water partition coefficient (Wildman–Crippen LogP) is 2.53. The average Bonchev–Trinajstić information content (AvgIpc) is 2.59. The number of nitrogens with two attached hydrogens (primary N) is 1. The van der Waals surface area contributed by atoms with E-state index in [4.69, 9.17) is 5.73 Å². The van der Waals surface area contributed by atoms with Crippen molar-refractivity contribution >= 4 is 6.08 Å². The Morgan fingerprint density at radius 3 is 2.93 bits per heavy atom. The van der Waals surface area contributed by atoms with E-state index < -0.39 is 0 Å². The summed E-state index contributed by atoms with van der Waals surface area (Å²) >= 11 is 0. The molecule has 0 saturated carbocycles. The summed E-state index contributed by atoms with van der Waals surface area (Å²) in [5, 5.41) is 0. The van der Waals surface area contributed by atoms with Gasteiger partial charge in [-0.15, -0.1) is 0 Å². The molecule has 1 aromatic carbocycles. The van der Waals surface area contributed by atoms with Crippen LogP contribution in [0.5, 0.6) is 0 Å². The Kier molecular flexibility index (Phi) is 2.42. The Bertz CT molecular complexity index is 377. The lowest BCUT2D eigenvalue weighted by atomic mass is 9.99. The van der Waals surface area contributed by atoms with Gasteiger partial charge in [-0.25, -0.2) is 0 Å². The lowest BCUT2D eigenvalue weighted by Crippen LogP contribution is -2.12. The van der Waals surface area contributed by atoms with Gasteiger partial charge in [0.05, 0.1) is 0 Å². The van der Waals surface area contributed by atoms with Crippen LogP contribution in [0, 0.1) is 12.8 Å². The van der Waals surface area contributed by atoms with E-state index in [-0.39, 0.29) is 0 Å². The first-order chi connectivity index (χ1) is 6.70. The van der Waals surface area contributed by atoms with Gasteiger partial charge in [-0.1, -0.05) is 42.3 Å². The van der Waals surface area contributed by atoms with Crippen molar-refractivity contribution < 1.29 is 0 Å². The van der Waals surface area contributed by atoms with Crippen LogP contribution in [0.15, 0.2) is 23.8 Å². The molecule has 1 aromatic rings. The van der Waals surface area contributed by atoms with Crippen molar-refractivity contribution in [2.75, 3.05) is 6.54 Å². The molecule has 0 spiro atoms. The third-order valence-electron chi connectivity index (χ3n) is 3.02. The van der Waals surface area contributed by atoms with E-state index in [2.05, 4.69) is 38.1 Å². The van der Waals surface area contributed by atoms with Crippen LogP contribution in [0.1, 0.15) is 23.6 Å². The molecule has 0 heterocycles. The molecule has 1 aliphatic carbocycles. The smallest absolute Gasteiger partial charge is 0.00139 e. The van der Waals surface area contributed by atoms with E-state index in [1.165, 1.54) is 22.3 Å². The van der Waals surface area contributed by atoms with Crippen LogP contribution in [0.2, 0.25) is 0 Å². The molecule has 2 N–H and O–H groups in total. The minimum Gasteiger partial charge on any atom is -0.330 e. The van der Waals surface area contributed by atoms with E-state index >= 15 is 0 Å². The number of hydrogen-bond donors (Lipinski definition) is 1. The van der Waals surface area contributed by atoms with Crippen LogP contribution in [0.4, 0.5) is 0 Å². The zero-order chi connectivity index (χ0) is 10.1. The van der Waals surface area contributed by atoms with Gasteiger partial charge in [-0.05, 0) is 36.9 Å². The molecule has 1 nitrogen and oxygen atoms in total. The van der Waals surface area contributed by atoms with Gasteiger partial charge in [-0.2, -0.15) is 0 Å². The van der Waals surface area contributed by atoms with Crippen molar-refractivity contribution in [3.8, 4) is 0 Å². The molecule has 0 radical (unpaired) electrons. The van der Waals surface area contributed by atoms with Crippen molar-refractivity contribution in [1.29, 1.82) is 0 Å². The summed E-state index contributed by atoms with van der Waals surface area (Å²) < 4.78 is 0. The fourth-order valence-electron chi connectivity index (χ4n) is 1.97. The molecule has 1 atom stereocenters. The number of fused-ring (bicyclic) bond motifs is 1. The molecule has 1 heteroatoms. The highest BCUT2D eigenvalue weighted by Gasteiger charge is 2.16. The van der Waals surface area contributed by atoms with Crippen molar-refractivity contribution in [2.24, 2.45) is 11.7 Å². The summed E-state index contributed by atoms with van der Waals surface area (Å²) in [6.45, 7) is 5.09. The van der Waals surface area contributed by atoms with Gasteiger partial charge in [0.15, 0.2) is 0 Å². The second kappa shape index (κ2) is 3.58. The monoisotopic (exact) mass is 187 g/mol. The molecule has 14 heavy (non-hydrogen) atoms. The minimum absolute atomic E-state index is 0.516. The Hall–Kier alpha value is -1.08. The number of rotatable bonds is 2. The second-order valence-corrected chi connectivity index (χ2v) is 4.24. The Labute approximate surface area is 85.6 Å². The van der Waals surface area contributed by atoms with Gasteiger partial charge in [0.1, 0.15) is 0 Å². The van der Waals surface area contributed by atoms with E-state index in [0.29, 0.717) is 5.92 Å². The molecule has 1 unspecified atom stereocenters. The number of aryl methyl sites for hydroxylation is 1. The molecule has 0 aromatic heterocycles. The molecule has 2 rings (SSSR count). The highest BCUT2D eigenvalue weighted by atomic mass is 14.5. The summed E-state index contributed by atoms with van der Waals surface area (Å²) in [6, 6.07) is 6.66. The topological polar surface area (TPSA) is 26.0 Å². The summed E-state index contributed by atoms with van der Waals surface area (Å²) in [5.41, 5.74) is 11.3. The van der Waals surface area contributed by atoms with Crippen LogP contribution in [-0.2, 0) is 6.42 Å². The molecular formula is C13H17N. The summed E-state index contributed by atoms with van der Waals surface area (Å²) in [7, 11) is 0. The standard InChI is InChI=1S/C13H17N/c1-9-3-4-11-6-12(10(2)8-14)7-13(11)5-9/h3-6,10H,7-8,14H2,1-2H3. The Balaban J connectivity index is 2.28. The normalized spacial score (nSPS) is 16.4. The third-order valence-corrected chi connectivity index (χ3v) is 3.02. The maximum atomic E-state index is 5.68. The van der Waals surface area contributed by atoms with Crippen molar-refractivity contribution in [2.45, 2.75) is 20.3 Å². The van der Waals surface area contributed by atoms with E-state index in [1.807, 2.05) is 0 Å². The fourth-order valence-corrected chi connectivity index (χ4v) is 1.97. The van der Waals surface area contributed by atoms with Gasteiger partial charge in [0.25, 0.3) is 0 Å². The van der Waals surface area contributed by atoms with Gasteiger partial charge < -0.3 is 5.73 Å². The second-order valence-electron chi connectivity index (χ2n) is 4.24. The fraction of sp³-hybridized carbons (Fsp3) is 0.385. The van der Waals surface area contributed by atoms with Crippen molar-refractivity contribution in [3.05, 3.63) is 40.5 Å². The molecular weight excluding hydrogens is 170 g/mol. The molecule has 0 aliphatic heterocycles. The molecule has 0 amide bonds. The lowest BCUT2D eigenvalue weighted by molar-refractivity contribution is 0.684. The Morgan fingerprint density at radius 1 is 1.43 bits per heavy atom. The highest BCUT2D eigenvalue weighted by molar-refractivity contribution is 5.64. The minimum atomic E-state index is 0.516. The molecule has 0 fully saturated rings.